The van der Waals surface area contributed by atoms with Crippen molar-refractivity contribution in [3.8, 4) is 0 Å². The van der Waals surface area contributed by atoms with Gasteiger partial charge in [-0.2, -0.15) is 0 Å². The Hall–Kier alpha value is -4.18. The van der Waals surface area contributed by atoms with Crippen LogP contribution in [-0.4, -0.2) is 97.1 Å². The Labute approximate surface area is 293 Å². The van der Waals surface area contributed by atoms with Crippen LogP contribution < -0.4 is 10.2 Å². The van der Waals surface area contributed by atoms with E-state index in [0.717, 1.165) is 5.56 Å². The summed E-state index contributed by atoms with van der Waals surface area (Å²) in [4.78, 5) is 42.9. The molecule has 2 aliphatic rings. The van der Waals surface area contributed by atoms with Crippen molar-refractivity contribution in [2.75, 3.05) is 23.4 Å². The van der Waals surface area contributed by atoms with Crippen molar-refractivity contribution < 1.29 is 49.8 Å². The van der Waals surface area contributed by atoms with Crippen LogP contribution in [-0.2, 0) is 37.8 Å². The lowest BCUT2D eigenvalue weighted by molar-refractivity contribution is -0.274. The van der Waals surface area contributed by atoms with Crippen LogP contribution in [0.5, 0.6) is 0 Å². The van der Waals surface area contributed by atoms with Gasteiger partial charge >= 0.3 is 0 Å². The first-order valence-corrected chi connectivity index (χ1v) is 16.4. The third-order valence-electron chi connectivity index (χ3n) is 8.93. The van der Waals surface area contributed by atoms with Gasteiger partial charge in [0.15, 0.2) is 18.0 Å². The van der Waals surface area contributed by atoms with Crippen molar-refractivity contribution >= 4 is 40.7 Å². The molecule has 3 aromatic carbocycles. The lowest BCUT2D eigenvalue weighted by Crippen LogP contribution is -2.60. The van der Waals surface area contributed by atoms with Gasteiger partial charge in [-0.25, -0.2) is 0 Å². The average molecular weight is 710 g/mol. The number of fused-ring (bicyclic) bond motifs is 1. The van der Waals surface area contributed by atoms with Gasteiger partial charge in [0.2, 0.25) is 5.91 Å². The van der Waals surface area contributed by atoms with Gasteiger partial charge in [0.1, 0.15) is 18.3 Å². The van der Waals surface area contributed by atoms with Crippen LogP contribution in [0.1, 0.15) is 30.0 Å². The number of aliphatic hydroxyl groups is 6. The molecule has 3 amide bonds. The van der Waals surface area contributed by atoms with E-state index in [2.05, 4.69) is 5.32 Å². The van der Waals surface area contributed by atoms with Crippen LogP contribution in [0.3, 0.4) is 0 Å². The highest BCUT2D eigenvalue weighted by Crippen LogP contribution is 2.46. The molecular weight excluding hydrogens is 670 g/mol. The van der Waals surface area contributed by atoms with E-state index in [4.69, 9.17) is 16.3 Å². The number of hydrogen-bond donors (Lipinski definition) is 7. The summed E-state index contributed by atoms with van der Waals surface area (Å²) in [5.74, 6) is -2.53. The maximum atomic E-state index is 14.0. The molecule has 50 heavy (non-hydrogen) atoms. The van der Waals surface area contributed by atoms with Crippen LogP contribution in [0, 0.1) is 5.92 Å². The van der Waals surface area contributed by atoms with Crippen molar-refractivity contribution in [2.24, 2.45) is 5.92 Å². The first-order chi connectivity index (χ1) is 23.8. The topological polar surface area (TPSA) is 200 Å². The third-order valence-corrected chi connectivity index (χ3v) is 9.16. The predicted molar refractivity (Wildman–Crippen MR) is 182 cm³/mol. The number of ether oxygens (including phenoxy) is 1. The van der Waals surface area contributed by atoms with E-state index in [9.17, 15) is 45.0 Å². The number of nitrogens with zero attached hydrogens (tertiary/aromatic N) is 2. The highest BCUT2D eigenvalue weighted by molar-refractivity contribution is 6.31. The fraction of sp³-hybridized carbons (Fsp3) is 0.361. The second kappa shape index (κ2) is 15.8. The first kappa shape index (κ1) is 37.1. The first-order valence-electron chi connectivity index (χ1n) is 16.1. The number of carbonyl (C=O) groups excluding carboxylic acids is 3. The van der Waals surface area contributed by atoms with E-state index in [1.165, 1.54) is 15.9 Å². The molecule has 13 nitrogen and oxygen atoms in total. The SMILES string of the molecule is C[C@@H](/C=C/CC(=O)N(CCO)Cc1ccccc1)[C@]1(O)C(=O)N(Cc2cccc(NC(=O)[C@H]3O[C@@H](O)[C@H](O)[C@@H](O)[C@@H]3O)c2)c2ccc(Cl)cc21. The number of hydrogen-bond acceptors (Lipinski definition) is 10. The molecule has 2 heterocycles. The maximum Gasteiger partial charge on any atom is 0.264 e. The maximum absolute atomic E-state index is 14.0. The van der Waals surface area contributed by atoms with Crippen molar-refractivity contribution in [3.05, 3.63) is 107 Å². The summed E-state index contributed by atoms with van der Waals surface area (Å²) in [6, 6.07) is 20.6. The summed E-state index contributed by atoms with van der Waals surface area (Å²) < 4.78 is 5.00. The van der Waals surface area contributed by atoms with Gasteiger partial charge in [0.25, 0.3) is 11.8 Å². The molecular formula is C36H40ClN3O10. The lowest BCUT2D eigenvalue weighted by atomic mass is 9.83. The van der Waals surface area contributed by atoms with Crippen LogP contribution in [0.15, 0.2) is 84.9 Å². The standard InChI is InChI=1S/C36H40ClN3O10/c1-21(7-5-12-28(42)39(15-16-41)19-22-8-3-2-4-9-22)36(49)26-18-24(37)13-14-27(26)40(35(36)48)20-23-10-6-11-25(17-23)38-33(46)32-30(44)29(43)31(45)34(47)50-32/h2-11,13-14,17-18,21,29-32,34,41,43-45,47,49H,12,15-16,19-20H2,1H3,(H,38,46)/b7-5+/t21-,29-,30-,31+,32-,34+,36+/m0/s1. The van der Waals surface area contributed by atoms with Gasteiger partial charge in [-0.3, -0.25) is 14.4 Å². The van der Waals surface area contributed by atoms with Crippen LogP contribution in [0.2, 0.25) is 5.02 Å². The number of halogens is 1. The number of nitrogens with one attached hydrogen (secondary N) is 1. The summed E-state index contributed by atoms with van der Waals surface area (Å²) in [6.07, 6.45) is -5.79. The fourth-order valence-electron chi connectivity index (χ4n) is 6.16. The summed E-state index contributed by atoms with van der Waals surface area (Å²) in [6.45, 7) is 1.92. The van der Waals surface area contributed by atoms with Gasteiger partial charge in [-0.15, -0.1) is 0 Å². The van der Waals surface area contributed by atoms with Gasteiger partial charge in [0, 0.05) is 41.7 Å². The molecule has 1 fully saturated rings. The Balaban J connectivity index is 1.30. The highest BCUT2D eigenvalue weighted by Gasteiger charge is 2.52. The number of benzene rings is 3. The molecule has 0 aliphatic carbocycles. The van der Waals surface area contributed by atoms with E-state index in [1.54, 1.807) is 55.5 Å². The third kappa shape index (κ3) is 7.75. The molecule has 0 radical (unpaired) electrons. The molecule has 0 aromatic heterocycles. The number of anilines is 2. The van der Waals surface area contributed by atoms with Crippen molar-refractivity contribution in [1.29, 1.82) is 0 Å². The Bertz CT molecular complexity index is 1730. The number of aliphatic hydroxyl groups excluding tert-OH is 5. The molecule has 1 saturated heterocycles. The van der Waals surface area contributed by atoms with Crippen molar-refractivity contribution in [1.82, 2.24) is 4.90 Å². The fourth-order valence-corrected chi connectivity index (χ4v) is 6.33. The molecule has 2 aliphatic heterocycles. The zero-order valence-electron chi connectivity index (χ0n) is 27.2. The van der Waals surface area contributed by atoms with E-state index in [1.807, 2.05) is 30.3 Å². The minimum absolute atomic E-state index is 0.0177. The van der Waals surface area contributed by atoms with Gasteiger partial charge in [0.05, 0.1) is 18.8 Å². The largest absolute Gasteiger partial charge is 0.395 e. The van der Waals surface area contributed by atoms with Crippen molar-refractivity contribution in [3.63, 3.8) is 0 Å². The summed E-state index contributed by atoms with van der Waals surface area (Å²) in [5, 5.41) is 64.1. The summed E-state index contributed by atoms with van der Waals surface area (Å²) in [5.41, 5.74) is 0.400. The molecule has 266 valence electrons. The summed E-state index contributed by atoms with van der Waals surface area (Å²) in [7, 11) is 0. The zero-order chi connectivity index (χ0) is 36.2. The van der Waals surface area contributed by atoms with Gasteiger partial charge in [-0.1, -0.05) is 73.1 Å². The Kier molecular flexibility index (Phi) is 11.7. The minimum atomic E-state index is -2.03. The zero-order valence-corrected chi connectivity index (χ0v) is 27.9. The molecule has 0 bridgehead atoms. The minimum Gasteiger partial charge on any atom is -0.395 e. The smallest absolute Gasteiger partial charge is 0.264 e. The lowest BCUT2D eigenvalue weighted by Gasteiger charge is -2.37. The van der Waals surface area contributed by atoms with E-state index in [0.29, 0.717) is 22.8 Å². The molecule has 7 N–H and O–H groups in total. The van der Waals surface area contributed by atoms with Crippen LogP contribution >= 0.6 is 11.6 Å². The molecule has 0 unspecified atom stereocenters. The number of rotatable bonds is 12. The Morgan fingerprint density at radius 3 is 2.44 bits per heavy atom. The van der Waals surface area contributed by atoms with Gasteiger partial charge in [-0.05, 0) is 41.5 Å². The Morgan fingerprint density at radius 2 is 1.72 bits per heavy atom. The second-order valence-electron chi connectivity index (χ2n) is 12.4. The molecule has 0 spiro atoms. The molecule has 7 atom stereocenters. The Morgan fingerprint density at radius 1 is 1.00 bits per heavy atom. The van der Waals surface area contributed by atoms with E-state index < -0.39 is 54.0 Å². The summed E-state index contributed by atoms with van der Waals surface area (Å²) >= 11 is 6.31. The highest BCUT2D eigenvalue weighted by atomic mass is 35.5. The molecule has 14 heteroatoms. The van der Waals surface area contributed by atoms with Crippen LogP contribution in [0.4, 0.5) is 11.4 Å². The number of amides is 3. The number of carbonyl (C=O) groups is 3. The normalized spacial score (nSPS) is 25.4. The van der Waals surface area contributed by atoms with E-state index in [-0.39, 0.29) is 43.3 Å². The van der Waals surface area contributed by atoms with Crippen LogP contribution in [0.25, 0.3) is 0 Å². The molecule has 0 saturated carbocycles. The second-order valence-corrected chi connectivity index (χ2v) is 12.8. The molecule has 3 aromatic rings. The predicted octanol–water partition coefficient (Wildman–Crippen LogP) is 1.42. The monoisotopic (exact) mass is 709 g/mol. The molecule has 5 rings (SSSR count). The van der Waals surface area contributed by atoms with E-state index >= 15 is 0 Å². The van der Waals surface area contributed by atoms with Crippen molar-refractivity contribution in [2.45, 2.75) is 62.7 Å². The quantitative estimate of drug-likeness (QED) is 0.135. The van der Waals surface area contributed by atoms with Gasteiger partial charge < -0.3 is 50.5 Å². The average Bonchev–Trinajstić information content (AvgIpc) is 3.31.